The first-order chi connectivity index (χ1) is 8.07. The molecular weight excluding hydrogens is 212 g/mol. The lowest BCUT2D eigenvalue weighted by molar-refractivity contribution is 0.100. The summed E-state index contributed by atoms with van der Waals surface area (Å²) in [5.74, 6) is 0.0121. The second kappa shape index (κ2) is 4.34. The van der Waals surface area contributed by atoms with E-state index in [1.54, 1.807) is 0 Å². The van der Waals surface area contributed by atoms with Crippen LogP contribution in [0.2, 0.25) is 0 Å². The van der Waals surface area contributed by atoms with Crippen molar-refractivity contribution in [3.8, 4) is 0 Å². The largest absolute Gasteiger partial charge is 0.342 e. The number of Topliss-reactive ketones (excluding diaryl/α,β-unsaturated/α-hetero) is 1. The number of benzene rings is 1. The number of nitrogens with two attached hydrogens (primary N) is 1. The van der Waals surface area contributed by atoms with Crippen LogP contribution in [0.5, 0.6) is 0 Å². The highest BCUT2D eigenvalue weighted by Gasteiger charge is 2.19. The Morgan fingerprint density at radius 3 is 2.59 bits per heavy atom. The first-order valence-corrected chi connectivity index (χ1v) is 5.90. The molecule has 0 aliphatic carbocycles. The van der Waals surface area contributed by atoms with Crippen molar-refractivity contribution >= 4 is 16.7 Å². The molecule has 0 aliphatic rings. The second-order valence-corrected chi connectivity index (χ2v) is 4.57. The van der Waals surface area contributed by atoms with Gasteiger partial charge in [-0.05, 0) is 26.8 Å². The van der Waals surface area contributed by atoms with Gasteiger partial charge in [-0.2, -0.15) is 0 Å². The Kier molecular flexibility index (Phi) is 3.03. The predicted molar refractivity (Wildman–Crippen MR) is 70.4 cm³/mol. The van der Waals surface area contributed by atoms with Crippen LogP contribution >= 0.6 is 0 Å². The number of carbonyl (C=O) groups is 1. The average molecular weight is 230 g/mol. The third-order valence-corrected chi connectivity index (χ3v) is 3.14. The monoisotopic (exact) mass is 230 g/mol. The van der Waals surface area contributed by atoms with E-state index in [0.29, 0.717) is 6.04 Å². The number of rotatable bonds is 3. The zero-order chi connectivity index (χ0) is 12.6. The highest BCUT2D eigenvalue weighted by Crippen LogP contribution is 2.28. The van der Waals surface area contributed by atoms with Crippen LogP contribution in [-0.2, 0) is 0 Å². The third kappa shape index (κ3) is 1.76. The Morgan fingerprint density at radius 2 is 2.00 bits per heavy atom. The smallest absolute Gasteiger partial charge is 0.178 e. The van der Waals surface area contributed by atoms with Crippen molar-refractivity contribution in [2.24, 2.45) is 5.73 Å². The average Bonchev–Trinajstić information content (AvgIpc) is 2.60. The Balaban J connectivity index is 2.84. The topological polar surface area (TPSA) is 48.0 Å². The summed E-state index contributed by atoms with van der Waals surface area (Å²) in [6.07, 6.45) is 0. The van der Waals surface area contributed by atoms with Crippen molar-refractivity contribution in [2.75, 3.05) is 6.54 Å². The Morgan fingerprint density at radius 1 is 1.35 bits per heavy atom. The van der Waals surface area contributed by atoms with Gasteiger partial charge in [-0.1, -0.05) is 18.2 Å². The molecule has 3 heteroatoms. The van der Waals surface area contributed by atoms with E-state index >= 15 is 0 Å². The van der Waals surface area contributed by atoms with Crippen LogP contribution in [0, 0.1) is 6.92 Å². The molecule has 0 saturated carbocycles. The van der Waals surface area contributed by atoms with E-state index in [9.17, 15) is 4.79 Å². The number of hydrogen-bond acceptors (Lipinski definition) is 2. The van der Waals surface area contributed by atoms with Gasteiger partial charge in [-0.15, -0.1) is 0 Å². The van der Waals surface area contributed by atoms with Crippen molar-refractivity contribution in [3.05, 3.63) is 35.5 Å². The van der Waals surface area contributed by atoms with Gasteiger partial charge in [-0.25, -0.2) is 0 Å². The molecule has 0 bridgehead atoms. The summed E-state index contributed by atoms with van der Waals surface area (Å²) < 4.78 is 2.19. The van der Waals surface area contributed by atoms with Crippen molar-refractivity contribution in [2.45, 2.75) is 26.8 Å². The number of carbonyl (C=O) groups excluding carboxylic acids is 1. The molecule has 1 aromatic carbocycles. The van der Waals surface area contributed by atoms with Gasteiger partial charge in [-0.3, -0.25) is 4.79 Å². The lowest BCUT2D eigenvalue weighted by atomic mass is 10.1. The lowest BCUT2D eigenvalue weighted by Crippen LogP contribution is -2.15. The van der Waals surface area contributed by atoms with E-state index in [-0.39, 0.29) is 12.3 Å². The van der Waals surface area contributed by atoms with Gasteiger partial charge in [0.25, 0.3) is 0 Å². The van der Waals surface area contributed by atoms with Gasteiger partial charge in [0.05, 0.1) is 6.54 Å². The number of aromatic nitrogens is 1. The Hall–Kier alpha value is -1.61. The SMILES string of the molecule is Cc1c(C(=O)CN)c2ccccc2n1C(C)C. The minimum Gasteiger partial charge on any atom is -0.342 e. The van der Waals surface area contributed by atoms with Crippen LogP contribution in [0.3, 0.4) is 0 Å². The molecule has 2 aromatic rings. The molecule has 2 rings (SSSR count). The summed E-state index contributed by atoms with van der Waals surface area (Å²) in [5.41, 5.74) is 8.38. The van der Waals surface area contributed by atoms with Gasteiger partial charge in [0.2, 0.25) is 0 Å². The molecule has 0 saturated heterocycles. The van der Waals surface area contributed by atoms with Crippen LogP contribution in [0.1, 0.15) is 35.9 Å². The molecule has 1 aromatic heterocycles. The van der Waals surface area contributed by atoms with Crippen LogP contribution in [0.25, 0.3) is 10.9 Å². The zero-order valence-corrected chi connectivity index (χ0v) is 10.5. The molecule has 0 amide bonds. The molecule has 0 spiro atoms. The molecular formula is C14H18N2O. The third-order valence-electron chi connectivity index (χ3n) is 3.14. The summed E-state index contributed by atoms with van der Waals surface area (Å²) in [4.78, 5) is 11.9. The second-order valence-electron chi connectivity index (χ2n) is 4.57. The van der Waals surface area contributed by atoms with Crippen LogP contribution in [0.15, 0.2) is 24.3 Å². The summed E-state index contributed by atoms with van der Waals surface area (Å²) in [6, 6.07) is 8.33. The van der Waals surface area contributed by atoms with Crippen molar-refractivity contribution in [1.82, 2.24) is 4.57 Å². The van der Waals surface area contributed by atoms with Gasteiger partial charge in [0.15, 0.2) is 5.78 Å². The van der Waals surface area contributed by atoms with E-state index in [1.807, 2.05) is 25.1 Å². The first-order valence-electron chi connectivity index (χ1n) is 5.90. The van der Waals surface area contributed by atoms with E-state index in [1.165, 1.54) is 0 Å². The summed E-state index contributed by atoms with van der Waals surface area (Å²) >= 11 is 0. The van der Waals surface area contributed by atoms with Gasteiger partial charge < -0.3 is 10.3 Å². The maximum Gasteiger partial charge on any atom is 0.178 e. The predicted octanol–water partition coefficient (Wildman–Crippen LogP) is 2.67. The molecule has 17 heavy (non-hydrogen) atoms. The molecule has 3 nitrogen and oxygen atoms in total. The van der Waals surface area contributed by atoms with E-state index in [0.717, 1.165) is 22.2 Å². The van der Waals surface area contributed by atoms with Gasteiger partial charge >= 0.3 is 0 Å². The molecule has 0 fully saturated rings. The summed E-state index contributed by atoms with van der Waals surface area (Å²) in [6.45, 7) is 6.29. The number of nitrogens with zero attached hydrogens (tertiary/aromatic N) is 1. The molecule has 0 atom stereocenters. The van der Waals surface area contributed by atoms with Gasteiger partial charge in [0, 0.05) is 28.2 Å². The van der Waals surface area contributed by atoms with Crippen molar-refractivity contribution < 1.29 is 4.79 Å². The lowest BCUT2D eigenvalue weighted by Gasteiger charge is -2.12. The zero-order valence-electron chi connectivity index (χ0n) is 10.5. The van der Waals surface area contributed by atoms with Crippen LogP contribution in [-0.4, -0.2) is 16.9 Å². The van der Waals surface area contributed by atoms with Crippen molar-refractivity contribution in [1.29, 1.82) is 0 Å². The maximum absolute atomic E-state index is 11.9. The Labute approximate surface area is 101 Å². The van der Waals surface area contributed by atoms with Crippen LogP contribution < -0.4 is 5.73 Å². The fraction of sp³-hybridized carbons (Fsp3) is 0.357. The number of ketones is 1. The fourth-order valence-corrected chi connectivity index (χ4v) is 2.51. The van der Waals surface area contributed by atoms with Gasteiger partial charge in [0.1, 0.15) is 0 Å². The Bertz CT molecular complexity index is 567. The number of fused-ring (bicyclic) bond motifs is 1. The van der Waals surface area contributed by atoms with E-state index < -0.39 is 0 Å². The highest BCUT2D eigenvalue weighted by atomic mass is 16.1. The molecule has 0 unspecified atom stereocenters. The number of hydrogen-bond donors (Lipinski definition) is 1. The normalized spacial score (nSPS) is 11.4. The molecule has 90 valence electrons. The first kappa shape index (κ1) is 11.9. The minimum absolute atomic E-state index is 0.0121. The van der Waals surface area contributed by atoms with Crippen molar-refractivity contribution in [3.63, 3.8) is 0 Å². The molecule has 0 aliphatic heterocycles. The molecule has 2 N–H and O–H groups in total. The highest BCUT2D eigenvalue weighted by molar-refractivity contribution is 6.10. The molecule has 0 radical (unpaired) electrons. The quantitative estimate of drug-likeness (QED) is 0.824. The maximum atomic E-state index is 11.9. The molecule has 1 heterocycles. The summed E-state index contributed by atoms with van der Waals surface area (Å²) in [7, 11) is 0. The van der Waals surface area contributed by atoms with E-state index in [2.05, 4.69) is 24.5 Å². The van der Waals surface area contributed by atoms with Crippen LogP contribution in [0.4, 0.5) is 0 Å². The fourth-order valence-electron chi connectivity index (χ4n) is 2.51. The summed E-state index contributed by atoms with van der Waals surface area (Å²) in [5, 5.41) is 1.01. The number of para-hydroxylation sites is 1. The van der Waals surface area contributed by atoms with E-state index in [4.69, 9.17) is 5.73 Å². The minimum atomic E-state index is 0.0121. The standard InChI is InChI=1S/C14H18N2O/c1-9(2)16-10(3)14(13(17)8-15)11-6-4-5-7-12(11)16/h4-7,9H,8,15H2,1-3H3.